The second-order valence-corrected chi connectivity index (χ2v) is 3.62. The third-order valence-corrected chi connectivity index (χ3v) is 2.58. The lowest BCUT2D eigenvalue weighted by Crippen LogP contribution is -2.01. The van der Waals surface area contributed by atoms with E-state index in [9.17, 15) is 0 Å². The summed E-state index contributed by atoms with van der Waals surface area (Å²) in [6.07, 6.45) is 1.77. The number of aromatic nitrogens is 2. The first-order valence-corrected chi connectivity index (χ1v) is 4.97. The molecule has 78 valence electrons. The van der Waals surface area contributed by atoms with E-state index in [2.05, 4.69) is 23.0 Å². The van der Waals surface area contributed by atoms with Gasteiger partial charge in [0.2, 0.25) is 0 Å². The van der Waals surface area contributed by atoms with Gasteiger partial charge in [0.1, 0.15) is 0 Å². The third-order valence-electron chi connectivity index (χ3n) is 2.58. The van der Waals surface area contributed by atoms with Crippen molar-refractivity contribution in [3.63, 3.8) is 0 Å². The van der Waals surface area contributed by atoms with Crippen molar-refractivity contribution in [2.75, 3.05) is 7.11 Å². The minimum Gasteiger partial charge on any atom is -0.375 e. The number of nitrogens with zero attached hydrogens (tertiary/aromatic N) is 2. The number of pyridine rings is 2. The Labute approximate surface area is 89.1 Å². The summed E-state index contributed by atoms with van der Waals surface area (Å²) in [7, 11) is 1.68. The first-order valence-electron chi connectivity index (χ1n) is 4.97. The van der Waals surface area contributed by atoms with Gasteiger partial charge in [-0.15, -0.1) is 0 Å². The molecule has 0 bridgehead atoms. The smallest absolute Gasteiger partial charge is 0.159 e. The van der Waals surface area contributed by atoms with Crippen LogP contribution in [0.5, 0.6) is 0 Å². The minimum atomic E-state index is 0.00936. The van der Waals surface area contributed by atoms with Crippen molar-refractivity contribution in [3.8, 4) is 0 Å². The number of aryl methyl sites for hydroxylation is 1. The lowest BCUT2D eigenvalue weighted by molar-refractivity contribution is 0.116. The molecule has 0 spiro atoms. The molecule has 0 aliphatic rings. The molecule has 0 saturated carbocycles. The number of ether oxygens (including phenoxy) is 1. The highest BCUT2D eigenvalue weighted by molar-refractivity contribution is 5.78. The molecule has 0 aliphatic heterocycles. The number of hydrogen-bond acceptors (Lipinski definition) is 3. The van der Waals surface area contributed by atoms with Crippen LogP contribution in [-0.4, -0.2) is 17.1 Å². The molecule has 0 saturated heterocycles. The van der Waals surface area contributed by atoms with Crippen LogP contribution in [0.1, 0.15) is 24.3 Å². The zero-order valence-corrected chi connectivity index (χ0v) is 9.19. The average Bonchev–Trinajstić information content (AvgIpc) is 2.28. The molecule has 2 heterocycles. The maximum atomic E-state index is 5.25. The highest BCUT2D eigenvalue weighted by Gasteiger charge is 2.08. The molecular formula is C12H14N2O. The molecule has 2 rings (SSSR count). The average molecular weight is 202 g/mol. The Bertz CT molecular complexity index is 482. The highest BCUT2D eigenvalue weighted by Crippen LogP contribution is 2.20. The zero-order chi connectivity index (χ0) is 10.8. The van der Waals surface area contributed by atoms with Crippen LogP contribution in [-0.2, 0) is 4.74 Å². The Hall–Kier alpha value is -1.48. The van der Waals surface area contributed by atoms with Crippen LogP contribution in [0.3, 0.4) is 0 Å². The summed E-state index contributed by atoms with van der Waals surface area (Å²) in [5.41, 5.74) is 2.91. The fraction of sp³-hybridized carbons (Fsp3) is 0.333. The van der Waals surface area contributed by atoms with Gasteiger partial charge in [-0.25, -0.2) is 9.97 Å². The van der Waals surface area contributed by atoms with Crippen molar-refractivity contribution >= 4 is 11.0 Å². The molecule has 3 nitrogen and oxygen atoms in total. The Balaban J connectivity index is 2.62. The molecule has 2 aromatic heterocycles. The molecule has 15 heavy (non-hydrogen) atoms. The molecule has 0 amide bonds. The van der Waals surface area contributed by atoms with E-state index in [-0.39, 0.29) is 6.10 Å². The Morgan fingerprint density at radius 3 is 2.93 bits per heavy atom. The summed E-state index contributed by atoms with van der Waals surface area (Å²) in [6, 6.07) is 6.01. The van der Waals surface area contributed by atoms with Gasteiger partial charge in [0.15, 0.2) is 5.65 Å². The van der Waals surface area contributed by atoms with Crippen LogP contribution in [0.2, 0.25) is 0 Å². The third kappa shape index (κ3) is 1.83. The van der Waals surface area contributed by atoms with Crippen molar-refractivity contribution in [1.29, 1.82) is 0 Å². The number of hydrogen-bond donors (Lipinski definition) is 0. The molecule has 0 aromatic carbocycles. The number of methoxy groups -OCH3 is 1. The molecule has 1 unspecified atom stereocenters. The summed E-state index contributed by atoms with van der Waals surface area (Å²) in [6.45, 7) is 4.05. The second kappa shape index (κ2) is 3.95. The molecule has 0 aliphatic carbocycles. The molecule has 2 aromatic rings. The van der Waals surface area contributed by atoms with Crippen LogP contribution in [0.15, 0.2) is 24.4 Å². The molecule has 0 N–H and O–H groups in total. The van der Waals surface area contributed by atoms with Crippen LogP contribution in [0.4, 0.5) is 0 Å². The molecule has 0 radical (unpaired) electrons. The second-order valence-electron chi connectivity index (χ2n) is 3.62. The van der Waals surface area contributed by atoms with Gasteiger partial charge in [0.25, 0.3) is 0 Å². The summed E-state index contributed by atoms with van der Waals surface area (Å²) in [5.74, 6) is 0. The van der Waals surface area contributed by atoms with E-state index in [1.807, 2.05) is 19.1 Å². The van der Waals surface area contributed by atoms with Crippen molar-refractivity contribution in [2.45, 2.75) is 20.0 Å². The van der Waals surface area contributed by atoms with Gasteiger partial charge in [-0.05, 0) is 37.6 Å². The van der Waals surface area contributed by atoms with E-state index >= 15 is 0 Å². The Morgan fingerprint density at radius 1 is 1.40 bits per heavy atom. The van der Waals surface area contributed by atoms with Gasteiger partial charge >= 0.3 is 0 Å². The number of fused-ring (bicyclic) bond motifs is 1. The highest BCUT2D eigenvalue weighted by atomic mass is 16.5. The quantitative estimate of drug-likeness (QED) is 0.751. The Kier molecular flexibility index (Phi) is 2.64. The predicted octanol–water partition coefficient (Wildman–Crippen LogP) is 2.65. The first kappa shape index (κ1) is 10.1. The summed E-state index contributed by atoms with van der Waals surface area (Å²) < 4.78 is 5.25. The van der Waals surface area contributed by atoms with Crippen LogP contribution in [0.25, 0.3) is 11.0 Å². The summed E-state index contributed by atoms with van der Waals surface area (Å²) >= 11 is 0. The summed E-state index contributed by atoms with van der Waals surface area (Å²) in [5, 5.41) is 1.10. The predicted molar refractivity (Wildman–Crippen MR) is 59.7 cm³/mol. The molecule has 3 heteroatoms. The fourth-order valence-electron chi connectivity index (χ4n) is 1.58. The van der Waals surface area contributed by atoms with Crippen LogP contribution >= 0.6 is 0 Å². The molecule has 0 fully saturated rings. The van der Waals surface area contributed by atoms with E-state index in [4.69, 9.17) is 4.74 Å². The molecular weight excluding hydrogens is 188 g/mol. The SMILES string of the molecule is COC(C)c1cc(C)c2cccnc2n1. The van der Waals surface area contributed by atoms with Gasteiger partial charge in [-0.3, -0.25) is 0 Å². The monoisotopic (exact) mass is 202 g/mol. The van der Waals surface area contributed by atoms with Gasteiger partial charge < -0.3 is 4.74 Å². The van der Waals surface area contributed by atoms with Crippen molar-refractivity contribution in [3.05, 3.63) is 35.7 Å². The fourth-order valence-corrected chi connectivity index (χ4v) is 1.58. The van der Waals surface area contributed by atoms with Gasteiger partial charge in [0.05, 0.1) is 11.8 Å². The van der Waals surface area contributed by atoms with E-state index in [0.29, 0.717) is 0 Å². The van der Waals surface area contributed by atoms with E-state index in [0.717, 1.165) is 16.7 Å². The van der Waals surface area contributed by atoms with Gasteiger partial charge in [-0.1, -0.05) is 0 Å². The maximum Gasteiger partial charge on any atom is 0.159 e. The molecule has 1 atom stereocenters. The van der Waals surface area contributed by atoms with E-state index < -0.39 is 0 Å². The van der Waals surface area contributed by atoms with Crippen molar-refractivity contribution in [1.82, 2.24) is 9.97 Å². The summed E-state index contributed by atoms with van der Waals surface area (Å²) in [4.78, 5) is 8.72. The van der Waals surface area contributed by atoms with Crippen molar-refractivity contribution in [2.24, 2.45) is 0 Å². The van der Waals surface area contributed by atoms with Crippen molar-refractivity contribution < 1.29 is 4.74 Å². The van der Waals surface area contributed by atoms with Crippen LogP contribution in [0, 0.1) is 6.92 Å². The van der Waals surface area contributed by atoms with E-state index in [1.54, 1.807) is 13.3 Å². The topological polar surface area (TPSA) is 35.0 Å². The Morgan fingerprint density at radius 2 is 2.20 bits per heavy atom. The lowest BCUT2D eigenvalue weighted by atomic mass is 10.1. The van der Waals surface area contributed by atoms with E-state index in [1.165, 1.54) is 5.56 Å². The van der Waals surface area contributed by atoms with Gasteiger partial charge in [0, 0.05) is 18.7 Å². The standard InChI is InChI=1S/C12H14N2O/c1-8-7-11(9(2)15-3)14-12-10(8)5-4-6-13-12/h4-7,9H,1-3H3. The zero-order valence-electron chi connectivity index (χ0n) is 9.19. The van der Waals surface area contributed by atoms with Crippen LogP contribution < -0.4 is 0 Å². The van der Waals surface area contributed by atoms with Gasteiger partial charge in [-0.2, -0.15) is 0 Å². The lowest BCUT2D eigenvalue weighted by Gasteiger charge is -2.10. The number of rotatable bonds is 2. The minimum absolute atomic E-state index is 0.00936. The first-order chi connectivity index (χ1) is 7.22. The maximum absolute atomic E-state index is 5.25. The normalized spacial score (nSPS) is 13.0. The largest absolute Gasteiger partial charge is 0.375 e.